The van der Waals surface area contributed by atoms with Gasteiger partial charge in [-0.1, -0.05) is 26.8 Å². The average molecular weight is 467 g/mol. The fraction of sp³-hybridized carbons (Fsp3) is 0.435. The molecule has 2 amide bonds. The van der Waals surface area contributed by atoms with E-state index in [0.717, 1.165) is 12.3 Å². The minimum Gasteiger partial charge on any atom is -0.476 e. The molecule has 0 saturated heterocycles. The van der Waals surface area contributed by atoms with Crippen molar-refractivity contribution in [2.45, 2.75) is 59.9 Å². The first-order chi connectivity index (χ1) is 15.2. The van der Waals surface area contributed by atoms with Crippen molar-refractivity contribution in [3.8, 4) is 5.75 Å². The quantitative estimate of drug-likeness (QED) is 0.625. The molecule has 2 heterocycles. The van der Waals surface area contributed by atoms with Crippen LogP contribution in [0.2, 0.25) is 0 Å². The highest BCUT2D eigenvalue weighted by Crippen LogP contribution is 2.42. The van der Waals surface area contributed by atoms with Crippen molar-refractivity contribution in [1.82, 2.24) is 4.98 Å². The van der Waals surface area contributed by atoms with Gasteiger partial charge in [0.1, 0.15) is 5.69 Å². The molecule has 1 aliphatic rings. The normalized spacial score (nSPS) is 16.3. The summed E-state index contributed by atoms with van der Waals surface area (Å²) in [7, 11) is 0. The maximum atomic E-state index is 15.4. The zero-order valence-corrected chi connectivity index (χ0v) is 18.9. The van der Waals surface area contributed by atoms with Gasteiger partial charge in [0.2, 0.25) is 5.91 Å². The maximum Gasteiger partial charge on any atom is 0.433 e. The number of rotatable bonds is 4. The van der Waals surface area contributed by atoms with Gasteiger partial charge in [-0.05, 0) is 42.5 Å². The lowest BCUT2D eigenvalue weighted by Crippen LogP contribution is -2.44. The smallest absolute Gasteiger partial charge is 0.433 e. The number of nitrogens with zero attached hydrogens (tertiary/aromatic N) is 2. The zero-order chi connectivity index (χ0) is 24.7. The van der Waals surface area contributed by atoms with Gasteiger partial charge in [0.05, 0.1) is 17.9 Å². The first-order valence-electron chi connectivity index (χ1n) is 10.3. The third-order valence-corrected chi connectivity index (χ3v) is 5.01. The van der Waals surface area contributed by atoms with Crippen LogP contribution < -0.4 is 15.0 Å². The third-order valence-electron chi connectivity index (χ3n) is 5.01. The van der Waals surface area contributed by atoms with E-state index in [-0.39, 0.29) is 41.4 Å². The van der Waals surface area contributed by atoms with Gasteiger partial charge in [0, 0.05) is 12.6 Å². The molecular formula is C23H25F4N3O3. The molecule has 3 rings (SSSR count). The molecule has 33 heavy (non-hydrogen) atoms. The summed E-state index contributed by atoms with van der Waals surface area (Å²) < 4.78 is 59.2. The number of aryl methyl sites for hydroxylation is 1. The molecule has 0 radical (unpaired) electrons. The second-order valence-corrected chi connectivity index (χ2v) is 9.25. The molecule has 1 aromatic heterocycles. The van der Waals surface area contributed by atoms with E-state index in [2.05, 4.69) is 10.3 Å². The van der Waals surface area contributed by atoms with Crippen molar-refractivity contribution in [3.05, 3.63) is 47.0 Å². The first kappa shape index (κ1) is 24.5. The Labute approximate surface area is 188 Å². The molecule has 1 N–H and O–H groups in total. The summed E-state index contributed by atoms with van der Waals surface area (Å²) in [5.41, 5.74) is -0.563. The van der Waals surface area contributed by atoms with E-state index in [1.807, 2.05) is 20.8 Å². The topological polar surface area (TPSA) is 71.5 Å². The van der Waals surface area contributed by atoms with E-state index in [9.17, 15) is 22.8 Å². The van der Waals surface area contributed by atoms with Crippen LogP contribution in [-0.4, -0.2) is 22.9 Å². The fourth-order valence-electron chi connectivity index (χ4n) is 3.47. The van der Waals surface area contributed by atoms with Crippen molar-refractivity contribution in [2.75, 3.05) is 10.2 Å². The van der Waals surface area contributed by atoms with Gasteiger partial charge < -0.3 is 15.0 Å². The molecule has 6 nitrogen and oxygen atoms in total. The number of fused-ring (bicyclic) bond motifs is 1. The maximum absolute atomic E-state index is 15.4. The summed E-state index contributed by atoms with van der Waals surface area (Å²) in [5.74, 6) is -1.87. The van der Waals surface area contributed by atoms with Crippen molar-refractivity contribution < 1.29 is 31.9 Å². The van der Waals surface area contributed by atoms with Gasteiger partial charge in [-0.25, -0.2) is 4.39 Å². The van der Waals surface area contributed by atoms with Gasteiger partial charge in [0.25, 0.3) is 5.91 Å². The number of aromatic nitrogens is 1. The van der Waals surface area contributed by atoms with Crippen molar-refractivity contribution in [1.29, 1.82) is 0 Å². The number of hydrogen-bond acceptors (Lipinski definition) is 4. The Bertz CT molecular complexity index is 1080. The molecule has 0 saturated carbocycles. The van der Waals surface area contributed by atoms with Crippen molar-refractivity contribution in [2.24, 2.45) is 5.41 Å². The Morgan fingerprint density at radius 3 is 2.45 bits per heavy atom. The second kappa shape index (κ2) is 8.64. The van der Waals surface area contributed by atoms with E-state index in [1.165, 1.54) is 24.0 Å². The number of pyridine rings is 1. The number of alkyl halides is 3. The van der Waals surface area contributed by atoms with E-state index in [0.29, 0.717) is 11.1 Å². The lowest BCUT2D eigenvalue weighted by atomic mass is 9.92. The summed E-state index contributed by atoms with van der Waals surface area (Å²) in [6.07, 6.45) is -4.41. The first-order valence-corrected chi connectivity index (χ1v) is 10.3. The predicted octanol–water partition coefficient (Wildman–Crippen LogP) is 5.24. The van der Waals surface area contributed by atoms with Gasteiger partial charge in [0.15, 0.2) is 17.7 Å². The molecule has 1 aromatic carbocycles. The molecule has 1 atom stereocenters. The lowest BCUT2D eigenvalue weighted by Gasteiger charge is -2.34. The Kier molecular flexibility index (Phi) is 6.41. The Morgan fingerprint density at radius 1 is 1.24 bits per heavy atom. The van der Waals surface area contributed by atoms with Crippen LogP contribution in [0, 0.1) is 18.2 Å². The van der Waals surface area contributed by atoms with Gasteiger partial charge >= 0.3 is 6.18 Å². The van der Waals surface area contributed by atoms with Gasteiger partial charge in [-0.2, -0.15) is 13.2 Å². The highest BCUT2D eigenvalue weighted by Gasteiger charge is 2.36. The van der Waals surface area contributed by atoms with E-state index >= 15 is 4.39 Å². The summed E-state index contributed by atoms with van der Waals surface area (Å²) in [6.45, 7) is 8.54. The highest BCUT2D eigenvalue weighted by atomic mass is 19.4. The van der Waals surface area contributed by atoms with Crippen LogP contribution in [0.25, 0.3) is 0 Å². The molecule has 0 bridgehead atoms. The standard InChI is InChI=1S/C23H25F4N3O3/c1-12-8-15-20(18(24)19(12)29-17(31)9-22(3,4)5)33-13(2)21(32)30(15)11-14-6-7-16(28-10-14)23(25,26)27/h6-8,10,13H,9,11H2,1-5H3,(H,29,31). The average Bonchev–Trinajstić information content (AvgIpc) is 2.68. The summed E-state index contributed by atoms with van der Waals surface area (Å²) >= 11 is 0. The van der Waals surface area contributed by atoms with Crippen LogP contribution in [0.3, 0.4) is 0 Å². The predicted molar refractivity (Wildman–Crippen MR) is 114 cm³/mol. The second-order valence-electron chi connectivity index (χ2n) is 9.25. The van der Waals surface area contributed by atoms with Crippen LogP contribution in [0.4, 0.5) is 28.9 Å². The van der Waals surface area contributed by atoms with Gasteiger partial charge in [-0.3, -0.25) is 14.6 Å². The summed E-state index contributed by atoms with van der Waals surface area (Å²) in [5, 5.41) is 2.58. The van der Waals surface area contributed by atoms with Crippen molar-refractivity contribution in [3.63, 3.8) is 0 Å². The van der Waals surface area contributed by atoms with Crippen LogP contribution in [0.15, 0.2) is 24.4 Å². The number of anilines is 2. The molecule has 2 aromatic rings. The number of ether oxygens (including phenoxy) is 1. The lowest BCUT2D eigenvalue weighted by molar-refractivity contribution is -0.141. The monoisotopic (exact) mass is 467 g/mol. The van der Waals surface area contributed by atoms with E-state index < -0.39 is 29.7 Å². The number of halogens is 4. The molecule has 1 unspecified atom stereocenters. The number of carbonyl (C=O) groups excluding carboxylic acids is 2. The summed E-state index contributed by atoms with van der Waals surface area (Å²) in [6, 6.07) is 3.55. The number of benzene rings is 1. The van der Waals surface area contributed by atoms with Crippen molar-refractivity contribution >= 4 is 23.2 Å². The van der Waals surface area contributed by atoms with E-state index in [1.54, 1.807) is 6.92 Å². The van der Waals surface area contributed by atoms with Crippen LogP contribution in [0.1, 0.15) is 50.9 Å². The molecule has 10 heteroatoms. The Hall–Kier alpha value is -3.17. The summed E-state index contributed by atoms with van der Waals surface area (Å²) in [4.78, 5) is 29.8. The fourth-order valence-corrected chi connectivity index (χ4v) is 3.47. The Balaban J connectivity index is 1.95. The highest BCUT2D eigenvalue weighted by molar-refractivity contribution is 6.01. The number of nitrogens with one attached hydrogen (secondary N) is 1. The third kappa shape index (κ3) is 5.43. The zero-order valence-electron chi connectivity index (χ0n) is 18.9. The van der Waals surface area contributed by atoms with E-state index in [4.69, 9.17) is 4.74 Å². The Morgan fingerprint density at radius 2 is 1.91 bits per heavy atom. The molecular weight excluding hydrogens is 442 g/mol. The molecule has 0 spiro atoms. The van der Waals surface area contributed by atoms with Crippen LogP contribution in [0.5, 0.6) is 5.75 Å². The number of amides is 2. The molecule has 1 aliphatic heterocycles. The molecule has 178 valence electrons. The minimum atomic E-state index is -4.58. The van der Waals surface area contributed by atoms with Crippen LogP contribution >= 0.6 is 0 Å². The number of carbonyl (C=O) groups is 2. The largest absolute Gasteiger partial charge is 0.476 e. The number of hydrogen-bond donors (Lipinski definition) is 1. The molecule has 0 fully saturated rings. The molecule has 0 aliphatic carbocycles. The van der Waals surface area contributed by atoms with Gasteiger partial charge in [-0.15, -0.1) is 0 Å². The SMILES string of the molecule is Cc1cc2c(c(F)c1NC(=O)CC(C)(C)C)OC(C)C(=O)N2Cc1ccc(C(F)(F)F)nc1. The minimum absolute atomic E-state index is 0.0410. The van der Waals surface area contributed by atoms with Crippen LogP contribution in [-0.2, 0) is 22.3 Å².